The van der Waals surface area contributed by atoms with Gasteiger partial charge in [0.15, 0.2) is 0 Å². The number of hydrogen-bond donors (Lipinski definition) is 0. The van der Waals surface area contributed by atoms with Crippen LogP contribution in [-0.2, 0) is 10.8 Å². The van der Waals surface area contributed by atoms with Gasteiger partial charge in [0.05, 0.1) is 44.7 Å². The van der Waals surface area contributed by atoms with Gasteiger partial charge in [0.2, 0.25) is 0 Å². The Labute approximate surface area is 290 Å². The van der Waals surface area contributed by atoms with E-state index >= 15 is 0 Å². The minimum absolute atomic E-state index is 0.0630. The lowest BCUT2D eigenvalue weighted by atomic mass is 9.67. The number of rotatable bonds is 0. The zero-order valence-corrected chi connectivity index (χ0v) is 29.2. The van der Waals surface area contributed by atoms with E-state index in [1.54, 1.807) is 11.1 Å². The molecule has 14 rings (SSSR count). The van der Waals surface area contributed by atoms with Crippen molar-refractivity contribution in [3.63, 3.8) is 0 Å². The van der Waals surface area contributed by atoms with Gasteiger partial charge in [-0.15, -0.1) is 0 Å². The number of nitriles is 1. The average molecular weight is 646 g/mol. The third-order valence-electron chi connectivity index (χ3n) is 14.6. The first-order chi connectivity index (χ1) is 24.2. The largest absolute Gasteiger partial charge is 0.308 e. The molecule has 4 aromatic heterocycles. The molecular formula is C47H39N3. The van der Waals surface area contributed by atoms with Crippen LogP contribution in [0.1, 0.15) is 106 Å². The molecule has 3 heteroatoms. The molecule has 2 unspecified atom stereocenters. The second kappa shape index (κ2) is 8.21. The minimum atomic E-state index is -0.0769. The van der Waals surface area contributed by atoms with Crippen LogP contribution in [0.5, 0.6) is 0 Å². The molecule has 2 atom stereocenters. The van der Waals surface area contributed by atoms with E-state index in [9.17, 15) is 5.26 Å². The van der Waals surface area contributed by atoms with E-state index in [1.807, 2.05) is 0 Å². The van der Waals surface area contributed by atoms with Gasteiger partial charge in [-0.05, 0) is 120 Å². The van der Waals surface area contributed by atoms with Crippen molar-refractivity contribution in [3.05, 3.63) is 94.5 Å². The quantitative estimate of drug-likeness (QED) is 0.161. The Kier molecular flexibility index (Phi) is 4.43. The maximum atomic E-state index is 10.8. The Morgan fingerprint density at radius 3 is 2.10 bits per heavy atom. The Hall–Kier alpha value is -4.81. The van der Waals surface area contributed by atoms with Crippen molar-refractivity contribution in [1.82, 2.24) is 8.80 Å². The molecule has 0 N–H and O–H groups in total. The van der Waals surface area contributed by atoms with Gasteiger partial charge in [0, 0.05) is 43.1 Å². The second-order valence-electron chi connectivity index (χ2n) is 18.3. The molecule has 4 heterocycles. The third-order valence-corrected chi connectivity index (χ3v) is 14.6. The van der Waals surface area contributed by atoms with Crippen molar-refractivity contribution in [2.75, 3.05) is 0 Å². The maximum absolute atomic E-state index is 10.8. The van der Waals surface area contributed by atoms with Gasteiger partial charge in [0.25, 0.3) is 0 Å². The smallest absolute Gasteiger partial charge is 0.0995 e. The highest BCUT2D eigenvalue weighted by Gasteiger charge is 2.47. The molecule has 5 aliphatic rings. The number of fused-ring (bicyclic) bond motifs is 15. The molecule has 242 valence electrons. The molecule has 4 bridgehead atoms. The average Bonchev–Trinajstić information content (AvgIpc) is 3.82. The van der Waals surface area contributed by atoms with E-state index in [2.05, 4.69) is 109 Å². The summed E-state index contributed by atoms with van der Waals surface area (Å²) in [5, 5.41) is 21.9. The lowest BCUT2D eigenvalue weighted by Crippen LogP contribution is -2.25. The summed E-state index contributed by atoms with van der Waals surface area (Å²) < 4.78 is 5.22. The van der Waals surface area contributed by atoms with Crippen LogP contribution in [0.2, 0.25) is 0 Å². The fraction of sp³-hybridized carbons (Fsp3) is 0.340. The summed E-state index contributed by atoms with van der Waals surface area (Å²) in [5.74, 6) is 3.09. The van der Waals surface area contributed by atoms with Crippen LogP contribution >= 0.6 is 0 Å². The van der Waals surface area contributed by atoms with Crippen LogP contribution in [0, 0.1) is 23.2 Å². The van der Waals surface area contributed by atoms with Crippen molar-refractivity contribution >= 4 is 76.2 Å². The Balaban J connectivity index is 1.35. The van der Waals surface area contributed by atoms with Crippen LogP contribution in [-0.4, -0.2) is 8.80 Å². The topological polar surface area (TPSA) is 32.6 Å². The zero-order chi connectivity index (χ0) is 33.2. The normalized spacial score (nSPS) is 25.0. The molecule has 5 aromatic carbocycles. The highest BCUT2D eigenvalue weighted by Crippen LogP contribution is 2.61. The molecule has 0 aliphatic heterocycles. The molecule has 0 spiro atoms. The Bertz CT molecular complexity index is 3070. The summed E-state index contributed by atoms with van der Waals surface area (Å²) in [6.07, 6.45) is 7.93. The molecule has 9 aromatic rings. The molecular weight excluding hydrogens is 607 g/mol. The molecule has 3 nitrogen and oxygen atoms in total. The summed E-state index contributed by atoms with van der Waals surface area (Å²) in [6, 6.07) is 28.6. The summed E-state index contributed by atoms with van der Waals surface area (Å²) in [6.45, 7) is 9.58. The van der Waals surface area contributed by atoms with Crippen molar-refractivity contribution in [3.8, 4) is 6.07 Å². The first-order valence-corrected chi connectivity index (χ1v) is 19.1. The summed E-state index contributed by atoms with van der Waals surface area (Å²) in [5.41, 5.74) is 14.6. The van der Waals surface area contributed by atoms with Gasteiger partial charge in [-0.25, -0.2) is 0 Å². The van der Waals surface area contributed by atoms with Gasteiger partial charge < -0.3 is 8.80 Å². The van der Waals surface area contributed by atoms with E-state index < -0.39 is 0 Å². The van der Waals surface area contributed by atoms with Gasteiger partial charge in [-0.1, -0.05) is 70.2 Å². The standard InChI is InChI=1S/C47H39N3/c1-46(2)22-47(3,4)43-40-35(19-27(21-48)42(43)46)50-34-13-12-28-25-15-23-14-24(16-25)18-26(17-23)37(28)39(34)32-20-36-38(41(40)45(32)50)31-10-7-9-30-29-8-5-6-11-33(29)49(36)44(30)31/h5-13,19-20,23-26H,14-18,22H2,1-4H3. The van der Waals surface area contributed by atoms with Gasteiger partial charge in [-0.3, -0.25) is 0 Å². The monoisotopic (exact) mass is 645 g/mol. The number of para-hydroxylation sites is 2. The predicted octanol–water partition coefficient (Wildman–Crippen LogP) is 12.2. The highest BCUT2D eigenvalue weighted by atomic mass is 14.9. The number of benzene rings is 5. The van der Waals surface area contributed by atoms with Crippen molar-refractivity contribution in [1.29, 1.82) is 5.26 Å². The first kappa shape index (κ1) is 27.0. The number of nitrogens with zero attached hydrogens (tertiary/aromatic N) is 3. The summed E-state index contributed by atoms with van der Waals surface area (Å²) in [7, 11) is 0. The Morgan fingerprint density at radius 1 is 0.580 bits per heavy atom. The molecule has 2 saturated carbocycles. The molecule has 2 fully saturated rings. The Morgan fingerprint density at radius 2 is 1.28 bits per heavy atom. The molecule has 0 saturated heterocycles. The first-order valence-electron chi connectivity index (χ1n) is 19.1. The molecule has 0 radical (unpaired) electrons. The van der Waals surface area contributed by atoms with Gasteiger partial charge >= 0.3 is 0 Å². The van der Waals surface area contributed by atoms with Crippen LogP contribution < -0.4 is 0 Å². The summed E-state index contributed by atoms with van der Waals surface area (Å²) in [4.78, 5) is 0. The third kappa shape index (κ3) is 2.82. The molecule has 50 heavy (non-hydrogen) atoms. The fourth-order valence-electron chi connectivity index (χ4n) is 13.7. The highest BCUT2D eigenvalue weighted by molar-refractivity contribution is 6.38. The van der Waals surface area contributed by atoms with Crippen LogP contribution in [0.25, 0.3) is 76.2 Å². The number of aromatic nitrogens is 2. The van der Waals surface area contributed by atoms with Crippen molar-refractivity contribution in [2.24, 2.45) is 11.8 Å². The van der Waals surface area contributed by atoms with E-state index in [0.29, 0.717) is 11.8 Å². The van der Waals surface area contributed by atoms with E-state index in [4.69, 9.17) is 0 Å². The van der Waals surface area contributed by atoms with Gasteiger partial charge in [0.1, 0.15) is 0 Å². The predicted molar refractivity (Wildman–Crippen MR) is 207 cm³/mol. The lowest BCUT2D eigenvalue weighted by molar-refractivity contribution is 0.166. The second-order valence-corrected chi connectivity index (χ2v) is 18.3. The van der Waals surface area contributed by atoms with Crippen molar-refractivity contribution in [2.45, 2.75) is 88.9 Å². The zero-order valence-electron chi connectivity index (χ0n) is 29.2. The molecule has 0 amide bonds. The maximum Gasteiger partial charge on any atom is 0.0995 e. The fourth-order valence-corrected chi connectivity index (χ4v) is 13.7. The summed E-state index contributed by atoms with van der Waals surface area (Å²) >= 11 is 0. The minimum Gasteiger partial charge on any atom is -0.308 e. The van der Waals surface area contributed by atoms with Crippen LogP contribution in [0.4, 0.5) is 0 Å². The van der Waals surface area contributed by atoms with Crippen LogP contribution in [0.15, 0.2) is 66.7 Å². The van der Waals surface area contributed by atoms with E-state index in [1.165, 1.54) is 119 Å². The SMILES string of the molecule is CC1(C)CC(C)(C)c2c1c(C#N)cc1c2c2c3c4cccc5c6ccccc6n(c3cc3c6c7c(ccc6n1c32)C1CC2CC(C1)CC7C2)c54. The van der Waals surface area contributed by atoms with Crippen molar-refractivity contribution < 1.29 is 0 Å². The molecule has 5 aliphatic carbocycles. The van der Waals surface area contributed by atoms with Crippen LogP contribution in [0.3, 0.4) is 0 Å². The lowest BCUT2D eigenvalue weighted by Gasteiger charge is -2.38. The van der Waals surface area contributed by atoms with Gasteiger partial charge in [-0.2, -0.15) is 5.26 Å². The van der Waals surface area contributed by atoms with E-state index in [-0.39, 0.29) is 10.8 Å². The van der Waals surface area contributed by atoms with E-state index in [0.717, 1.165) is 23.8 Å². The number of hydrogen-bond acceptors (Lipinski definition) is 1.